The molecule has 4 saturated heterocycles. The van der Waals surface area contributed by atoms with Crippen molar-refractivity contribution in [3.63, 3.8) is 0 Å². The second-order valence-corrected chi connectivity index (χ2v) is 18.5. The number of carbonyl (C=O) groups is 1. The highest BCUT2D eigenvalue weighted by molar-refractivity contribution is 5.66. The lowest BCUT2D eigenvalue weighted by molar-refractivity contribution is -0.315. The summed E-state index contributed by atoms with van der Waals surface area (Å²) in [6.07, 6.45) is 0.278. The van der Waals surface area contributed by atoms with Crippen LogP contribution < -0.4 is 0 Å². The first-order chi connectivity index (χ1) is 22.4. The maximum absolute atomic E-state index is 12.9. The van der Waals surface area contributed by atoms with Crippen LogP contribution in [0.1, 0.15) is 87.0 Å². The Kier molecular flexibility index (Phi) is 6.57. The highest BCUT2D eigenvalue weighted by Crippen LogP contribution is 2.88. The number of rotatable bonds is 3. The van der Waals surface area contributed by atoms with Gasteiger partial charge in [-0.25, -0.2) is 0 Å². The number of ether oxygens (including phenoxy) is 6. The van der Waals surface area contributed by atoms with Crippen molar-refractivity contribution in [1.29, 1.82) is 0 Å². The Balaban J connectivity index is 1.08. The molecular weight excluding hydrogens is 620 g/mol. The van der Waals surface area contributed by atoms with E-state index in [-0.39, 0.29) is 64.4 Å². The van der Waals surface area contributed by atoms with Gasteiger partial charge in [0.15, 0.2) is 12.1 Å². The molecule has 0 radical (unpaired) electrons. The van der Waals surface area contributed by atoms with E-state index in [0.29, 0.717) is 19.4 Å². The molecule has 3 spiro atoms. The number of allylic oxidation sites excluding steroid dienone is 1. The molecule has 8 fully saturated rings. The molecule has 5 aliphatic carbocycles. The quantitative estimate of drug-likeness (QED) is 0.198. The van der Waals surface area contributed by atoms with Gasteiger partial charge < -0.3 is 48.8 Å². The van der Waals surface area contributed by atoms with Gasteiger partial charge in [0, 0.05) is 35.5 Å². The third-order valence-electron chi connectivity index (χ3n) is 16.1. The summed E-state index contributed by atoms with van der Waals surface area (Å²) in [5.41, 5.74) is -0.887. The van der Waals surface area contributed by atoms with Gasteiger partial charge >= 0.3 is 5.97 Å². The topological polar surface area (TPSA) is 157 Å². The molecule has 18 atom stereocenters. The Bertz CT molecular complexity index is 1450. The molecule has 9 aliphatic rings. The van der Waals surface area contributed by atoms with Crippen LogP contribution >= 0.6 is 0 Å². The van der Waals surface area contributed by atoms with Gasteiger partial charge in [-0.2, -0.15) is 0 Å². The zero-order valence-corrected chi connectivity index (χ0v) is 29.3. The molecule has 48 heavy (non-hydrogen) atoms. The number of aliphatic hydroxyl groups excluding tert-OH is 4. The number of epoxide rings is 1. The SMILES string of the molecule is CC(=O)O[C@@H]1C[C@@]23C[C@@]24CC[C@H](O[C@@H]2OC[C@@H](O)[C@H](O)[C@H]2O)C(C)(C)C4CC=C3[C@]2(C)[C@@H](O)[C@@H]3O[C@]4(C[C@@H](C)[C@@H]3[C@@]12C)OC[C@@]1(C)O[C@@H]41. The van der Waals surface area contributed by atoms with Crippen molar-refractivity contribution >= 4 is 5.97 Å². The lowest BCUT2D eigenvalue weighted by Crippen LogP contribution is -2.62. The Morgan fingerprint density at radius 3 is 2.42 bits per heavy atom. The van der Waals surface area contributed by atoms with E-state index in [1.165, 1.54) is 12.5 Å². The van der Waals surface area contributed by atoms with Gasteiger partial charge in [-0.1, -0.05) is 46.3 Å². The van der Waals surface area contributed by atoms with Crippen molar-refractivity contribution in [2.75, 3.05) is 13.2 Å². The molecule has 0 aromatic rings. The third-order valence-corrected chi connectivity index (χ3v) is 16.1. The Morgan fingerprint density at radius 2 is 1.75 bits per heavy atom. The van der Waals surface area contributed by atoms with Gasteiger partial charge in [-0.15, -0.1) is 0 Å². The summed E-state index contributed by atoms with van der Waals surface area (Å²) in [5.74, 6) is -0.846. The average molecular weight is 675 g/mol. The first kappa shape index (κ1) is 32.7. The van der Waals surface area contributed by atoms with Gasteiger partial charge in [0.05, 0.1) is 31.5 Å². The van der Waals surface area contributed by atoms with Crippen LogP contribution in [0.2, 0.25) is 0 Å². The molecule has 4 aliphatic heterocycles. The largest absolute Gasteiger partial charge is 0.462 e. The Labute approximate surface area is 282 Å². The molecule has 9 rings (SSSR count). The van der Waals surface area contributed by atoms with Gasteiger partial charge in [-0.05, 0) is 61.7 Å². The minimum atomic E-state index is -1.34. The molecule has 0 aromatic heterocycles. The van der Waals surface area contributed by atoms with Crippen molar-refractivity contribution in [2.45, 2.75) is 154 Å². The molecule has 0 bridgehead atoms. The molecule has 11 nitrogen and oxygen atoms in total. The molecule has 4 saturated carbocycles. The van der Waals surface area contributed by atoms with Gasteiger partial charge in [0.25, 0.3) is 0 Å². The molecule has 11 heteroatoms. The van der Waals surface area contributed by atoms with E-state index in [1.807, 2.05) is 0 Å². The second kappa shape index (κ2) is 9.63. The van der Waals surface area contributed by atoms with Gasteiger partial charge in [0.1, 0.15) is 36.1 Å². The summed E-state index contributed by atoms with van der Waals surface area (Å²) in [7, 11) is 0. The van der Waals surface area contributed by atoms with Crippen molar-refractivity contribution < 1.29 is 53.6 Å². The molecule has 0 amide bonds. The van der Waals surface area contributed by atoms with Crippen molar-refractivity contribution in [1.82, 2.24) is 0 Å². The lowest BCUT2D eigenvalue weighted by atomic mass is 9.44. The van der Waals surface area contributed by atoms with Gasteiger partial charge in [-0.3, -0.25) is 4.79 Å². The van der Waals surface area contributed by atoms with Crippen LogP contribution in [0, 0.1) is 44.8 Å². The smallest absolute Gasteiger partial charge is 0.302 e. The summed E-state index contributed by atoms with van der Waals surface area (Å²) in [6.45, 7) is 15.1. The predicted molar refractivity (Wildman–Crippen MR) is 168 cm³/mol. The Hall–Kier alpha value is -1.15. The van der Waals surface area contributed by atoms with E-state index < -0.39 is 59.5 Å². The maximum atomic E-state index is 12.9. The molecular formula is C37H54O11. The number of esters is 1. The second-order valence-electron chi connectivity index (χ2n) is 18.5. The minimum absolute atomic E-state index is 0.0513. The fourth-order valence-corrected chi connectivity index (χ4v) is 13.7. The number of hydrogen-bond acceptors (Lipinski definition) is 11. The van der Waals surface area contributed by atoms with Crippen molar-refractivity contribution in [3.05, 3.63) is 11.6 Å². The summed E-state index contributed by atoms with van der Waals surface area (Å²) < 4.78 is 37.9. The number of carbonyl (C=O) groups excluding carboxylic acids is 1. The first-order valence-corrected chi connectivity index (χ1v) is 18.3. The minimum Gasteiger partial charge on any atom is -0.462 e. The van der Waals surface area contributed by atoms with Crippen LogP contribution in [0.4, 0.5) is 0 Å². The summed E-state index contributed by atoms with van der Waals surface area (Å²) in [6, 6.07) is 0. The molecule has 4 heterocycles. The van der Waals surface area contributed by atoms with Crippen LogP contribution in [0.25, 0.3) is 0 Å². The van der Waals surface area contributed by atoms with Crippen molar-refractivity contribution in [2.24, 2.45) is 44.8 Å². The van der Waals surface area contributed by atoms with E-state index in [2.05, 4.69) is 47.6 Å². The molecule has 4 N–H and O–H groups in total. The number of fused-ring (bicyclic) bond motifs is 6. The Morgan fingerprint density at radius 1 is 1.00 bits per heavy atom. The zero-order valence-electron chi connectivity index (χ0n) is 29.3. The van der Waals surface area contributed by atoms with Crippen LogP contribution in [0.3, 0.4) is 0 Å². The van der Waals surface area contributed by atoms with E-state index in [1.54, 1.807) is 0 Å². The number of hydrogen-bond donors (Lipinski definition) is 4. The van der Waals surface area contributed by atoms with Crippen LogP contribution in [-0.2, 0) is 33.2 Å². The molecule has 268 valence electrons. The highest BCUT2D eigenvalue weighted by atomic mass is 16.8. The molecule has 0 aromatic carbocycles. The fraction of sp³-hybridized carbons (Fsp3) is 0.919. The lowest BCUT2D eigenvalue weighted by Gasteiger charge is -2.62. The monoisotopic (exact) mass is 674 g/mol. The maximum Gasteiger partial charge on any atom is 0.302 e. The van der Waals surface area contributed by atoms with Crippen LogP contribution in [-0.4, -0.2) is 106 Å². The van der Waals surface area contributed by atoms with E-state index >= 15 is 0 Å². The van der Waals surface area contributed by atoms with Gasteiger partial charge in [0.2, 0.25) is 0 Å². The van der Waals surface area contributed by atoms with Crippen molar-refractivity contribution in [3.8, 4) is 0 Å². The zero-order chi connectivity index (χ0) is 34.2. The summed E-state index contributed by atoms with van der Waals surface area (Å²) >= 11 is 0. The van der Waals surface area contributed by atoms with E-state index in [0.717, 1.165) is 25.7 Å². The van der Waals surface area contributed by atoms with E-state index in [4.69, 9.17) is 28.4 Å². The fourth-order valence-electron chi connectivity index (χ4n) is 13.7. The van der Waals surface area contributed by atoms with E-state index in [9.17, 15) is 25.2 Å². The summed E-state index contributed by atoms with van der Waals surface area (Å²) in [5, 5.41) is 43.6. The number of aliphatic hydroxyl groups is 4. The predicted octanol–water partition coefficient (Wildman–Crippen LogP) is 2.60. The normalized spacial score (nSPS) is 61.6. The highest BCUT2D eigenvalue weighted by Gasteiger charge is 2.86. The van der Waals surface area contributed by atoms with Crippen LogP contribution in [0.15, 0.2) is 11.6 Å². The third kappa shape index (κ3) is 3.64. The van der Waals surface area contributed by atoms with Crippen LogP contribution in [0.5, 0.6) is 0 Å². The average Bonchev–Trinajstić information content (AvgIpc) is 3.85. The first-order valence-electron chi connectivity index (χ1n) is 18.3. The standard InChI is InChI=1S/C37H54O11/c1-17-12-37(30-32(5,48-30)16-44-37)47-27-24(17)34(7)23(45-18(2)38)13-36-15-35(36)11-10-22(46-29-26(41)25(40)19(39)14-43-29)31(3,4)20(35)8-9-21(36)33(34,6)28(27)42/h9,17,19-20,22-30,39-42H,8,10-16H2,1-7H3/t17-,19-,20?,22+,23-,24+,25+,26-,27-,28+,29+,30-,32-,33-,34-,35-,36+,37+/m1/s1. The molecule has 1 unspecified atom stereocenters. The summed E-state index contributed by atoms with van der Waals surface area (Å²) in [4.78, 5) is 12.9.